The van der Waals surface area contributed by atoms with Gasteiger partial charge in [0.2, 0.25) is 0 Å². The van der Waals surface area contributed by atoms with Gasteiger partial charge in [-0.25, -0.2) is 0 Å². The molecule has 3 atom stereocenters. The Morgan fingerprint density at radius 3 is 2.42 bits per heavy atom. The second kappa shape index (κ2) is 6.85. The maximum atomic E-state index is 11.9. The van der Waals surface area contributed by atoms with E-state index in [1.54, 1.807) is 0 Å². The summed E-state index contributed by atoms with van der Waals surface area (Å²) in [4.78, 5) is 23.6. The summed E-state index contributed by atoms with van der Waals surface area (Å²) in [6.45, 7) is 13.4. The van der Waals surface area contributed by atoms with Gasteiger partial charge in [-0.3, -0.25) is 9.59 Å². The molecule has 2 rings (SSSR count). The van der Waals surface area contributed by atoms with E-state index in [1.807, 2.05) is 0 Å². The molecule has 2 aliphatic rings. The SMILES string of the molecule is CCC(C)(CCC=C(C)C(C)(C)C)C1=CCC2C(=O)OC(=O)C2C1. The highest BCUT2D eigenvalue weighted by Gasteiger charge is 2.47. The van der Waals surface area contributed by atoms with E-state index in [1.165, 1.54) is 11.1 Å². The summed E-state index contributed by atoms with van der Waals surface area (Å²) >= 11 is 0. The molecule has 3 unspecified atom stereocenters. The van der Waals surface area contributed by atoms with Crippen molar-refractivity contribution in [2.45, 2.75) is 73.6 Å². The van der Waals surface area contributed by atoms with Crippen molar-refractivity contribution < 1.29 is 14.3 Å². The average Bonchev–Trinajstić information content (AvgIpc) is 2.80. The molecule has 0 amide bonds. The number of carbonyl (C=O) groups excluding carboxylic acids is 2. The van der Waals surface area contributed by atoms with Crippen LogP contribution in [0.15, 0.2) is 23.3 Å². The highest BCUT2D eigenvalue weighted by atomic mass is 16.6. The van der Waals surface area contributed by atoms with Gasteiger partial charge in [-0.2, -0.15) is 0 Å². The van der Waals surface area contributed by atoms with Crippen LogP contribution in [0, 0.1) is 22.7 Å². The predicted molar refractivity (Wildman–Crippen MR) is 96.2 cm³/mol. The van der Waals surface area contributed by atoms with Gasteiger partial charge in [0.05, 0.1) is 11.8 Å². The maximum absolute atomic E-state index is 11.9. The molecule has 0 radical (unpaired) electrons. The van der Waals surface area contributed by atoms with E-state index >= 15 is 0 Å². The standard InChI is InChI=1S/C21H32O3/c1-7-21(6,12-8-9-14(2)20(3,4)5)15-10-11-16-17(13-15)19(23)24-18(16)22/h9-10,16-17H,7-8,11-13H2,1-6H3. The predicted octanol–water partition coefficient (Wildman–Crippen LogP) is 5.21. The van der Waals surface area contributed by atoms with Crippen LogP contribution in [0.3, 0.4) is 0 Å². The zero-order valence-electron chi connectivity index (χ0n) is 16.1. The molecule has 0 bridgehead atoms. The zero-order chi connectivity index (χ0) is 18.1. The van der Waals surface area contributed by atoms with Crippen molar-refractivity contribution >= 4 is 11.9 Å². The normalized spacial score (nSPS) is 27.4. The second-order valence-corrected chi connectivity index (χ2v) is 8.71. The number of hydrogen-bond acceptors (Lipinski definition) is 3. The highest BCUT2D eigenvalue weighted by molar-refractivity contribution is 5.97. The van der Waals surface area contributed by atoms with E-state index in [0.29, 0.717) is 12.8 Å². The third-order valence-corrected chi connectivity index (χ3v) is 6.24. The van der Waals surface area contributed by atoms with E-state index in [2.05, 4.69) is 53.7 Å². The van der Waals surface area contributed by atoms with Crippen LogP contribution in [-0.4, -0.2) is 11.9 Å². The molecule has 1 aliphatic carbocycles. The fourth-order valence-corrected chi connectivity index (χ4v) is 3.63. The van der Waals surface area contributed by atoms with Crippen LogP contribution in [0.1, 0.15) is 73.6 Å². The molecule has 1 fully saturated rings. The van der Waals surface area contributed by atoms with Crippen molar-refractivity contribution in [3.63, 3.8) is 0 Å². The molecule has 0 aromatic heterocycles. The Balaban J connectivity index is 2.08. The van der Waals surface area contributed by atoms with E-state index < -0.39 is 0 Å². The molecule has 1 heterocycles. The van der Waals surface area contributed by atoms with Crippen molar-refractivity contribution in [3.05, 3.63) is 23.3 Å². The number of fused-ring (bicyclic) bond motifs is 1. The van der Waals surface area contributed by atoms with Crippen LogP contribution >= 0.6 is 0 Å². The molecule has 0 aromatic carbocycles. The summed E-state index contributed by atoms with van der Waals surface area (Å²) in [6, 6.07) is 0. The lowest BCUT2D eigenvalue weighted by atomic mass is 9.68. The minimum atomic E-state index is -0.331. The molecular formula is C21H32O3. The number of cyclic esters (lactones) is 2. The van der Waals surface area contributed by atoms with Crippen molar-refractivity contribution in [1.82, 2.24) is 0 Å². The fourth-order valence-electron chi connectivity index (χ4n) is 3.63. The van der Waals surface area contributed by atoms with Gasteiger partial charge in [0, 0.05) is 0 Å². The molecule has 3 heteroatoms. The third-order valence-electron chi connectivity index (χ3n) is 6.24. The first-order valence-electron chi connectivity index (χ1n) is 9.21. The van der Waals surface area contributed by atoms with Crippen LogP contribution in [0.5, 0.6) is 0 Å². The Labute approximate surface area is 146 Å². The van der Waals surface area contributed by atoms with Crippen LogP contribution in [0.4, 0.5) is 0 Å². The lowest BCUT2D eigenvalue weighted by Gasteiger charge is -2.35. The third kappa shape index (κ3) is 3.81. The van der Waals surface area contributed by atoms with Crippen LogP contribution in [-0.2, 0) is 14.3 Å². The first kappa shape index (κ1) is 19.0. The van der Waals surface area contributed by atoms with Crippen LogP contribution in [0.25, 0.3) is 0 Å². The molecule has 0 saturated carbocycles. The minimum Gasteiger partial charge on any atom is -0.393 e. The van der Waals surface area contributed by atoms with Gasteiger partial charge in [0.1, 0.15) is 0 Å². The van der Waals surface area contributed by atoms with Gasteiger partial charge in [-0.05, 0) is 49.9 Å². The van der Waals surface area contributed by atoms with E-state index in [-0.39, 0.29) is 34.6 Å². The molecule has 24 heavy (non-hydrogen) atoms. The van der Waals surface area contributed by atoms with Crippen LogP contribution in [0.2, 0.25) is 0 Å². The van der Waals surface area contributed by atoms with Crippen molar-refractivity contribution in [3.8, 4) is 0 Å². The Morgan fingerprint density at radius 2 is 1.83 bits per heavy atom. The summed E-state index contributed by atoms with van der Waals surface area (Å²) in [5, 5.41) is 0. The fraction of sp³-hybridized carbons (Fsp3) is 0.714. The number of carbonyl (C=O) groups is 2. The number of rotatable bonds is 5. The molecule has 0 aromatic rings. The number of hydrogen-bond donors (Lipinski definition) is 0. The first-order chi connectivity index (χ1) is 11.1. The molecule has 0 spiro atoms. The topological polar surface area (TPSA) is 43.4 Å². The number of esters is 2. The maximum Gasteiger partial charge on any atom is 0.317 e. The summed E-state index contributed by atoms with van der Waals surface area (Å²) in [6.07, 6.45) is 9.05. The Kier molecular flexibility index (Phi) is 5.41. The molecule has 1 saturated heterocycles. The smallest absolute Gasteiger partial charge is 0.317 e. The average molecular weight is 332 g/mol. The van der Waals surface area contributed by atoms with Gasteiger partial charge in [0.15, 0.2) is 0 Å². The Hall–Kier alpha value is -1.38. The van der Waals surface area contributed by atoms with Crippen molar-refractivity contribution in [1.29, 1.82) is 0 Å². The summed E-state index contributed by atoms with van der Waals surface area (Å²) in [5.74, 6) is -1.15. The van der Waals surface area contributed by atoms with E-state index in [0.717, 1.165) is 19.3 Å². The number of ether oxygens (including phenoxy) is 1. The van der Waals surface area contributed by atoms with E-state index in [9.17, 15) is 9.59 Å². The van der Waals surface area contributed by atoms with Crippen molar-refractivity contribution in [2.75, 3.05) is 0 Å². The molecular weight excluding hydrogens is 300 g/mol. The van der Waals surface area contributed by atoms with Gasteiger partial charge >= 0.3 is 11.9 Å². The van der Waals surface area contributed by atoms with Gasteiger partial charge in [-0.1, -0.05) is 57.9 Å². The first-order valence-corrected chi connectivity index (χ1v) is 9.21. The van der Waals surface area contributed by atoms with Gasteiger partial charge in [0.25, 0.3) is 0 Å². The summed E-state index contributed by atoms with van der Waals surface area (Å²) in [7, 11) is 0. The van der Waals surface area contributed by atoms with Gasteiger partial charge < -0.3 is 4.74 Å². The lowest BCUT2D eigenvalue weighted by Crippen LogP contribution is -2.28. The summed E-state index contributed by atoms with van der Waals surface area (Å²) < 4.78 is 4.83. The molecule has 134 valence electrons. The minimum absolute atomic E-state index is 0.0888. The monoisotopic (exact) mass is 332 g/mol. The quantitative estimate of drug-likeness (QED) is 0.394. The largest absolute Gasteiger partial charge is 0.393 e. The van der Waals surface area contributed by atoms with Crippen molar-refractivity contribution in [2.24, 2.45) is 22.7 Å². The summed E-state index contributed by atoms with van der Waals surface area (Å²) in [5.41, 5.74) is 3.06. The number of allylic oxidation sites excluding steroid dienone is 4. The molecule has 1 aliphatic heterocycles. The Bertz CT molecular complexity index is 576. The Morgan fingerprint density at radius 1 is 1.21 bits per heavy atom. The zero-order valence-corrected chi connectivity index (χ0v) is 16.1. The van der Waals surface area contributed by atoms with Gasteiger partial charge in [-0.15, -0.1) is 0 Å². The van der Waals surface area contributed by atoms with E-state index in [4.69, 9.17) is 4.74 Å². The second-order valence-electron chi connectivity index (χ2n) is 8.71. The molecule has 0 N–H and O–H groups in total. The highest BCUT2D eigenvalue weighted by Crippen LogP contribution is 2.46. The molecule has 3 nitrogen and oxygen atoms in total. The van der Waals surface area contributed by atoms with Crippen LogP contribution < -0.4 is 0 Å². The lowest BCUT2D eigenvalue weighted by molar-refractivity contribution is -0.153.